The lowest BCUT2D eigenvalue weighted by atomic mass is 9.97. The van der Waals surface area contributed by atoms with E-state index in [4.69, 9.17) is 11.6 Å². The molecular formula is C26H24ClN5. The first-order valence-corrected chi connectivity index (χ1v) is 11.0. The molecule has 0 aromatic carbocycles. The van der Waals surface area contributed by atoms with E-state index >= 15 is 0 Å². The minimum Gasteiger partial charge on any atom is -0.381 e. The van der Waals surface area contributed by atoms with Gasteiger partial charge in [-0.25, -0.2) is 0 Å². The quantitative estimate of drug-likeness (QED) is 0.612. The minimum absolute atomic E-state index is 0.661. The number of allylic oxidation sites excluding steroid dienone is 3. The maximum absolute atomic E-state index is 6.58. The van der Waals surface area contributed by atoms with Crippen LogP contribution in [0.4, 0.5) is 0 Å². The van der Waals surface area contributed by atoms with E-state index in [-0.39, 0.29) is 0 Å². The Morgan fingerprint density at radius 3 is 2.50 bits per heavy atom. The topological polar surface area (TPSA) is 53.9 Å². The normalized spacial score (nSPS) is 15.3. The van der Waals surface area contributed by atoms with Crippen molar-refractivity contribution in [2.45, 2.75) is 20.4 Å². The second-order valence-electron chi connectivity index (χ2n) is 8.24. The van der Waals surface area contributed by atoms with Gasteiger partial charge in [-0.2, -0.15) is 0 Å². The molecule has 6 heteroatoms. The maximum atomic E-state index is 6.58. The number of aromatic nitrogens is 3. The van der Waals surface area contributed by atoms with Crippen LogP contribution in [0.3, 0.4) is 0 Å². The predicted molar refractivity (Wildman–Crippen MR) is 129 cm³/mol. The number of nitrogens with one attached hydrogen (secondary N) is 1. The molecule has 0 bridgehead atoms. The zero-order chi connectivity index (χ0) is 22.1. The molecule has 5 heterocycles. The average molecular weight is 442 g/mol. The lowest BCUT2D eigenvalue weighted by Gasteiger charge is -2.30. The lowest BCUT2D eigenvalue weighted by molar-refractivity contribution is 0.389. The number of nitrogens with zero attached hydrogens (tertiary/aromatic N) is 4. The van der Waals surface area contributed by atoms with Gasteiger partial charge in [0.1, 0.15) is 0 Å². The highest BCUT2D eigenvalue weighted by atomic mass is 35.5. The van der Waals surface area contributed by atoms with Crippen LogP contribution in [0.25, 0.3) is 17.0 Å². The van der Waals surface area contributed by atoms with Crippen molar-refractivity contribution in [3.63, 3.8) is 0 Å². The highest BCUT2D eigenvalue weighted by Gasteiger charge is 2.18. The smallest absolute Gasteiger partial charge is 0.0889 e. The maximum Gasteiger partial charge on any atom is 0.0889 e. The number of halogens is 1. The fourth-order valence-corrected chi connectivity index (χ4v) is 4.42. The van der Waals surface area contributed by atoms with E-state index in [1.165, 1.54) is 16.7 Å². The molecule has 0 amide bonds. The van der Waals surface area contributed by atoms with Gasteiger partial charge in [0.05, 0.1) is 10.7 Å². The van der Waals surface area contributed by atoms with Gasteiger partial charge >= 0.3 is 0 Å². The third kappa shape index (κ3) is 4.30. The van der Waals surface area contributed by atoms with Crippen LogP contribution in [-0.4, -0.2) is 32.9 Å². The van der Waals surface area contributed by atoms with Crippen LogP contribution in [0.1, 0.15) is 22.5 Å². The number of pyridine rings is 3. The molecule has 0 saturated carbocycles. The third-order valence-electron chi connectivity index (χ3n) is 5.72. The second-order valence-corrected chi connectivity index (χ2v) is 8.64. The van der Waals surface area contributed by atoms with Crippen molar-refractivity contribution < 1.29 is 0 Å². The summed E-state index contributed by atoms with van der Waals surface area (Å²) >= 11 is 6.58. The molecule has 5 rings (SSSR count). The average Bonchev–Trinajstić information content (AvgIpc) is 2.79. The van der Waals surface area contributed by atoms with Crippen LogP contribution in [0.5, 0.6) is 0 Å². The summed E-state index contributed by atoms with van der Waals surface area (Å²) < 4.78 is 0. The van der Waals surface area contributed by atoms with Gasteiger partial charge in [-0.05, 0) is 73.0 Å². The van der Waals surface area contributed by atoms with E-state index in [0.717, 1.165) is 53.5 Å². The van der Waals surface area contributed by atoms with Crippen molar-refractivity contribution >= 4 is 17.3 Å². The van der Waals surface area contributed by atoms with Crippen molar-refractivity contribution in [2.75, 3.05) is 13.1 Å². The number of hydrogen-bond acceptors (Lipinski definition) is 5. The van der Waals surface area contributed by atoms with Crippen LogP contribution in [0.2, 0.25) is 5.02 Å². The van der Waals surface area contributed by atoms with Crippen molar-refractivity contribution in [2.24, 2.45) is 0 Å². The zero-order valence-electron chi connectivity index (χ0n) is 18.1. The first kappa shape index (κ1) is 20.5. The summed E-state index contributed by atoms with van der Waals surface area (Å²) in [6.07, 6.45) is 12.1. The van der Waals surface area contributed by atoms with Gasteiger partial charge in [-0.1, -0.05) is 11.6 Å². The first-order chi connectivity index (χ1) is 15.5. The summed E-state index contributed by atoms with van der Waals surface area (Å²) in [6, 6.07) is 10.1. The van der Waals surface area contributed by atoms with E-state index in [1.807, 2.05) is 50.5 Å². The van der Waals surface area contributed by atoms with Crippen molar-refractivity contribution in [1.82, 2.24) is 25.2 Å². The second kappa shape index (κ2) is 8.60. The Kier molecular flexibility index (Phi) is 5.50. The van der Waals surface area contributed by atoms with E-state index in [2.05, 4.69) is 49.6 Å². The van der Waals surface area contributed by atoms with Crippen molar-refractivity contribution in [3.8, 4) is 11.3 Å². The largest absolute Gasteiger partial charge is 0.381 e. The minimum atomic E-state index is 0.661. The Morgan fingerprint density at radius 1 is 1.00 bits per heavy atom. The molecule has 2 aliphatic heterocycles. The molecule has 0 unspecified atom stereocenters. The SMILES string of the molecule is Cc1cc(C2=CC3=C(CN2)CN(Cc2cnc(-c4ccnc(C)c4)c(Cl)c2)C=C3)ccn1. The van der Waals surface area contributed by atoms with Gasteiger partial charge in [0, 0.05) is 72.6 Å². The van der Waals surface area contributed by atoms with Gasteiger partial charge in [0.2, 0.25) is 0 Å². The molecule has 32 heavy (non-hydrogen) atoms. The first-order valence-electron chi connectivity index (χ1n) is 10.7. The zero-order valence-corrected chi connectivity index (χ0v) is 18.9. The molecule has 3 aromatic rings. The molecule has 160 valence electrons. The third-order valence-corrected chi connectivity index (χ3v) is 6.01. The molecule has 0 atom stereocenters. The Bertz CT molecular complexity index is 1270. The monoisotopic (exact) mass is 441 g/mol. The highest BCUT2D eigenvalue weighted by Crippen LogP contribution is 2.29. The highest BCUT2D eigenvalue weighted by molar-refractivity contribution is 6.33. The van der Waals surface area contributed by atoms with E-state index < -0.39 is 0 Å². The molecule has 5 nitrogen and oxygen atoms in total. The predicted octanol–water partition coefficient (Wildman–Crippen LogP) is 5.08. The van der Waals surface area contributed by atoms with Crippen LogP contribution in [0.15, 0.2) is 78.4 Å². The number of rotatable bonds is 4. The van der Waals surface area contributed by atoms with Gasteiger partial charge < -0.3 is 10.2 Å². The summed E-state index contributed by atoms with van der Waals surface area (Å²) in [5.41, 5.74) is 9.81. The molecule has 0 saturated heterocycles. The van der Waals surface area contributed by atoms with E-state index in [1.54, 1.807) is 6.20 Å². The standard InChI is InChI=1S/C26H24ClN5/c1-17-9-21(3-6-28-17)25-12-20-5-8-32(16-23(20)14-30-25)15-19-11-24(27)26(31-13-19)22-4-7-29-18(2)10-22/h3-13,30H,14-16H2,1-2H3. The summed E-state index contributed by atoms with van der Waals surface area (Å²) in [4.78, 5) is 15.5. The molecule has 0 fully saturated rings. The Balaban J connectivity index is 1.30. The van der Waals surface area contributed by atoms with E-state index in [0.29, 0.717) is 5.02 Å². The molecule has 0 spiro atoms. The summed E-state index contributed by atoms with van der Waals surface area (Å²) in [7, 11) is 0. The van der Waals surface area contributed by atoms with Gasteiger partial charge in [0.25, 0.3) is 0 Å². The molecular weight excluding hydrogens is 418 g/mol. The van der Waals surface area contributed by atoms with Gasteiger partial charge in [-0.3, -0.25) is 15.0 Å². The van der Waals surface area contributed by atoms with E-state index in [9.17, 15) is 0 Å². The summed E-state index contributed by atoms with van der Waals surface area (Å²) in [5, 5.41) is 4.22. The fraction of sp³-hybridized carbons (Fsp3) is 0.192. The molecule has 2 aliphatic rings. The molecule has 0 radical (unpaired) electrons. The Morgan fingerprint density at radius 2 is 1.75 bits per heavy atom. The Labute approximate surface area is 193 Å². The molecule has 1 N–H and O–H groups in total. The van der Waals surface area contributed by atoms with Crippen LogP contribution < -0.4 is 5.32 Å². The number of dihydropyridines is 1. The lowest BCUT2D eigenvalue weighted by Crippen LogP contribution is -2.30. The Hall–Kier alpha value is -3.44. The summed E-state index contributed by atoms with van der Waals surface area (Å²) in [5.74, 6) is 0. The van der Waals surface area contributed by atoms with Crippen LogP contribution >= 0.6 is 11.6 Å². The van der Waals surface area contributed by atoms with Crippen molar-refractivity contribution in [1.29, 1.82) is 0 Å². The van der Waals surface area contributed by atoms with Crippen molar-refractivity contribution in [3.05, 3.63) is 106 Å². The number of aryl methyl sites for hydroxylation is 2. The van der Waals surface area contributed by atoms with Gasteiger partial charge in [-0.15, -0.1) is 0 Å². The van der Waals surface area contributed by atoms with Crippen LogP contribution in [0, 0.1) is 13.8 Å². The van der Waals surface area contributed by atoms with Crippen LogP contribution in [-0.2, 0) is 6.54 Å². The molecule has 3 aromatic heterocycles. The summed E-state index contributed by atoms with van der Waals surface area (Å²) in [6.45, 7) is 6.45. The van der Waals surface area contributed by atoms with Gasteiger partial charge in [0.15, 0.2) is 0 Å². The fourth-order valence-electron chi connectivity index (χ4n) is 4.12. The molecule has 0 aliphatic carbocycles. The number of hydrogen-bond donors (Lipinski definition) is 1.